The normalized spacial score (nSPS) is 16.8. The van der Waals surface area contributed by atoms with Crippen LogP contribution in [0.1, 0.15) is 73.5 Å². The summed E-state index contributed by atoms with van der Waals surface area (Å²) in [6, 6.07) is 0. The summed E-state index contributed by atoms with van der Waals surface area (Å²) in [4.78, 5) is 11.5. The van der Waals surface area contributed by atoms with Crippen LogP contribution in [-0.4, -0.2) is 18.2 Å². The molecular weight excluding hydrogens is 243 g/mol. The van der Waals surface area contributed by atoms with Crippen molar-refractivity contribution in [3.63, 3.8) is 0 Å². The summed E-state index contributed by atoms with van der Waals surface area (Å²) in [6.45, 7) is 6.85. The van der Waals surface area contributed by atoms with E-state index in [1.807, 2.05) is 6.92 Å². The van der Waals surface area contributed by atoms with Crippen LogP contribution in [0.25, 0.3) is 0 Å². The number of hydrogen-bond acceptors (Lipinski definition) is 2. The van der Waals surface area contributed by atoms with Crippen molar-refractivity contribution < 1.29 is 10.9 Å². The van der Waals surface area contributed by atoms with Gasteiger partial charge < -0.3 is 4.74 Å². The molecular formula is C15H31O2P. The Morgan fingerprint density at radius 1 is 1.28 bits per heavy atom. The molecule has 0 bridgehead atoms. The molecule has 0 heterocycles. The highest BCUT2D eigenvalue weighted by atomic mass is 31.0. The SMILES string of the molecule is [3H]C(C)C(P)CCCCOC(=O)CCCC(C)CC. The number of unbranched alkanes of at least 4 members (excludes halogenated alkanes) is 1. The summed E-state index contributed by atoms with van der Waals surface area (Å²) in [6.07, 6.45) is 6.71. The summed E-state index contributed by atoms with van der Waals surface area (Å²) in [5.41, 5.74) is 0.353. The van der Waals surface area contributed by atoms with Gasteiger partial charge in [0.1, 0.15) is 0 Å². The zero-order valence-corrected chi connectivity index (χ0v) is 13.4. The van der Waals surface area contributed by atoms with E-state index in [0.29, 0.717) is 24.6 Å². The van der Waals surface area contributed by atoms with Crippen molar-refractivity contribution in [1.29, 1.82) is 0 Å². The number of carbonyl (C=O) groups excluding carboxylic acids is 1. The van der Waals surface area contributed by atoms with Crippen LogP contribution < -0.4 is 0 Å². The number of esters is 1. The van der Waals surface area contributed by atoms with Gasteiger partial charge in [-0.3, -0.25) is 4.79 Å². The van der Waals surface area contributed by atoms with Gasteiger partial charge >= 0.3 is 5.97 Å². The minimum Gasteiger partial charge on any atom is -0.466 e. The predicted octanol–water partition coefficient (Wildman–Crippen LogP) is 4.57. The lowest BCUT2D eigenvalue weighted by molar-refractivity contribution is -0.143. The van der Waals surface area contributed by atoms with Crippen molar-refractivity contribution in [3.8, 4) is 0 Å². The molecule has 4 atom stereocenters. The van der Waals surface area contributed by atoms with Crippen molar-refractivity contribution in [1.82, 2.24) is 0 Å². The van der Waals surface area contributed by atoms with Crippen LogP contribution in [0.3, 0.4) is 0 Å². The van der Waals surface area contributed by atoms with Crippen LogP contribution in [0.4, 0.5) is 0 Å². The molecule has 0 aromatic rings. The second kappa shape index (κ2) is 12.0. The lowest BCUT2D eigenvalue weighted by Crippen LogP contribution is -2.07. The number of carbonyl (C=O) groups is 1. The molecule has 0 aliphatic rings. The van der Waals surface area contributed by atoms with Crippen molar-refractivity contribution in [2.75, 3.05) is 6.61 Å². The summed E-state index contributed by atoms with van der Waals surface area (Å²) in [7, 11) is 2.72. The standard InChI is InChI=1S/C15H31O2P/c1-4-13(3)9-8-11-15(16)17-12-7-6-10-14(18)5-2/h13-14H,4-12,18H2,1-3H3/i5T. The van der Waals surface area contributed by atoms with E-state index in [1.165, 1.54) is 6.42 Å². The molecule has 0 aromatic carbocycles. The van der Waals surface area contributed by atoms with E-state index in [0.717, 1.165) is 32.1 Å². The van der Waals surface area contributed by atoms with E-state index in [4.69, 9.17) is 6.11 Å². The topological polar surface area (TPSA) is 26.3 Å². The molecule has 3 heteroatoms. The first-order valence-corrected chi connectivity index (χ1v) is 7.97. The highest BCUT2D eigenvalue weighted by Crippen LogP contribution is 2.14. The molecule has 0 radical (unpaired) electrons. The second-order valence-corrected chi connectivity index (χ2v) is 5.98. The Bertz CT molecular complexity index is 234. The Labute approximate surface area is 117 Å². The van der Waals surface area contributed by atoms with Crippen LogP contribution >= 0.6 is 9.24 Å². The third-order valence-electron chi connectivity index (χ3n) is 3.40. The predicted molar refractivity (Wildman–Crippen MR) is 81.9 cm³/mol. The average molecular weight is 276 g/mol. The maximum atomic E-state index is 11.5. The third kappa shape index (κ3) is 11.0. The number of ether oxygens (including phenoxy) is 1. The molecule has 0 saturated heterocycles. The molecule has 2 nitrogen and oxygen atoms in total. The van der Waals surface area contributed by atoms with Gasteiger partial charge in [0.05, 0.1) is 6.61 Å². The quantitative estimate of drug-likeness (QED) is 0.314. The summed E-state index contributed by atoms with van der Waals surface area (Å²) in [5.74, 6) is 0.651. The van der Waals surface area contributed by atoms with Crippen LogP contribution in [-0.2, 0) is 9.53 Å². The average Bonchev–Trinajstić information content (AvgIpc) is 2.37. The Balaban J connectivity index is 3.39. The van der Waals surface area contributed by atoms with Gasteiger partial charge in [-0.25, -0.2) is 0 Å². The summed E-state index contributed by atoms with van der Waals surface area (Å²) in [5, 5.41) is 0. The molecule has 108 valence electrons. The van der Waals surface area contributed by atoms with Crippen LogP contribution in [0, 0.1) is 5.92 Å². The fraction of sp³-hybridized carbons (Fsp3) is 0.933. The van der Waals surface area contributed by atoms with E-state index in [-0.39, 0.29) is 12.4 Å². The van der Waals surface area contributed by atoms with E-state index < -0.39 is 0 Å². The Morgan fingerprint density at radius 3 is 2.61 bits per heavy atom. The Morgan fingerprint density at radius 2 is 2.00 bits per heavy atom. The first kappa shape index (κ1) is 16.0. The van der Waals surface area contributed by atoms with E-state index in [1.54, 1.807) is 0 Å². The zero-order chi connectivity index (χ0) is 14.7. The van der Waals surface area contributed by atoms with Gasteiger partial charge in [-0.15, -0.1) is 9.24 Å². The molecule has 0 saturated carbocycles. The van der Waals surface area contributed by atoms with Crippen LogP contribution in [0.2, 0.25) is 0 Å². The Hall–Kier alpha value is -0.100. The monoisotopic (exact) mass is 276 g/mol. The lowest BCUT2D eigenvalue weighted by atomic mass is 10.0. The number of hydrogen-bond donors (Lipinski definition) is 0. The highest BCUT2D eigenvalue weighted by molar-refractivity contribution is 7.17. The molecule has 0 spiro atoms. The summed E-state index contributed by atoms with van der Waals surface area (Å²) < 4.78 is 12.8. The van der Waals surface area contributed by atoms with Crippen LogP contribution in [0.5, 0.6) is 0 Å². The maximum Gasteiger partial charge on any atom is 0.305 e. The van der Waals surface area contributed by atoms with Crippen molar-refractivity contribution in [2.24, 2.45) is 5.92 Å². The molecule has 0 amide bonds. The first-order valence-electron chi connectivity index (χ1n) is 7.88. The van der Waals surface area contributed by atoms with Crippen LogP contribution in [0.15, 0.2) is 0 Å². The molecule has 18 heavy (non-hydrogen) atoms. The highest BCUT2D eigenvalue weighted by Gasteiger charge is 2.05. The Kier molecular flexibility index (Phi) is 10.6. The van der Waals surface area contributed by atoms with Crippen molar-refractivity contribution in [2.45, 2.75) is 77.8 Å². The van der Waals surface area contributed by atoms with Crippen molar-refractivity contribution >= 4 is 15.2 Å². The zero-order valence-electron chi connectivity index (χ0n) is 13.3. The molecule has 0 rings (SSSR count). The fourth-order valence-corrected chi connectivity index (χ4v) is 1.94. The first-order chi connectivity index (χ1) is 8.97. The maximum absolute atomic E-state index is 11.5. The molecule has 0 aliphatic heterocycles. The largest absolute Gasteiger partial charge is 0.466 e. The molecule has 4 unspecified atom stereocenters. The molecule has 0 aromatic heterocycles. The van der Waals surface area contributed by atoms with Gasteiger partial charge in [0.25, 0.3) is 0 Å². The minimum absolute atomic E-state index is 0.0342. The summed E-state index contributed by atoms with van der Waals surface area (Å²) >= 11 is 0. The molecule has 0 aliphatic carbocycles. The van der Waals surface area contributed by atoms with E-state index in [2.05, 4.69) is 23.1 Å². The van der Waals surface area contributed by atoms with Gasteiger partial charge in [-0.05, 0) is 43.7 Å². The second-order valence-electron chi connectivity index (χ2n) is 5.12. The van der Waals surface area contributed by atoms with Gasteiger partial charge in [0, 0.05) is 7.79 Å². The molecule has 0 N–H and O–H groups in total. The van der Waals surface area contributed by atoms with Gasteiger partial charge in [-0.1, -0.05) is 33.6 Å². The lowest BCUT2D eigenvalue weighted by Gasteiger charge is -2.09. The third-order valence-corrected chi connectivity index (χ3v) is 4.12. The van der Waals surface area contributed by atoms with Crippen molar-refractivity contribution in [3.05, 3.63) is 0 Å². The fourth-order valence-electron chi connectivity index (χ4n) is 1.71. The number of rotatable bonds is 11. The molecule has 0 fully saturated rings. The van der Waals surface area contributed by atoms with Gasteiger partial charge in [0.15, 0.2) is 0 Å². The van der Waals surface area contributed by atoms with E-state index in [9.17, 15) is 4.79 Å². The van der Waals surface area contributed by atoms with E-state index >= 15 is 0 Å². The van der Waals surface area contributed by atoms with Gasteiger partial charge in [0.2, 0.25) is 0 Å². The van der Waals surface area contributed by atoms with Gasteiger partial charge in [-0.2, -0.15) is 0 Å². The minimum atomic E-state index is -0.0559. The smallest absolute Gasteiger partial charge is 0.305 e.